The second-order valence-electron chi connectivity index (χ2n) is 5.03. The topological polar surface area (TPSA) is 66.9 Å². The van der Waals surface area contributed by atoms with Gasteiger partial charge in [0, 0.05) is 12.2 Å². The summed E-state index contributed by atoms with van der Waals surface area (Å²) in [5.41, 5.74) is 2.22. The van der Waals surface area contributed by atoms with E-state index < -0.39 is 0 Å². The van der Waals surface area contributed by atoms with E-state index in [1.54, 1.807) is 12.1 Å². The lowest BCUT2D eigenvalue weighted by Gasteiger charge is -2.13. The monoisotopic (exact) mass is 284 g/mol. The van der Waals surface area contributed by atoms with E-state index in [1.807, 2.05) is 31.2 Å². The number of aromatic nitrogens is 2. The Morgan fingerprint density at radius 1 is 1.14 bits per heavy atom. The number of hydrogen-bond acceptors (Lipinski definition) is 4. The molecule has 1 aromatic carbocycles. The number of rotatable bonds is 5. The lowest BCUT2D eigenvalue weighted by Crippen LogP contribution is -2.16. The van der Waals surface area contributed by atoms with E-state index in [4.69, 9.17) is 0 Å². The van der Waals surface area contributed by atoms with Gasteiger partial charge in [-0.2, -0.15) is 0 Å². The summed E-state index contributed by atoms with van der Waals surface area (Å²) in [7, 11) is 0. The van der Waals surface area contributed by atoms with Gasteiger partial charge in [0.2, 0.25) is 0 Å². The second kappa shape index (κ2) is 6.83. The highest BCUT2D eigenvalue weighted by Gasteiger charge is 2.12. The molecule has 1 amide bonds. The van der Waals surface area contributed by atoms with Crippen molar-refractivity contribution in [3.8, 4) is 0 Å². The first-order valence-electron chi connectivity index (χ1n) is 7.09. The fraction of sp³-hybridized carbons (Fsp3) is 0.312. The van der Waals surface area contributed by atoms with Gasteiger partial charge in [0.05, 0.1) is 0 Å². The maximum absolute atomic E-state index is 12.2. The molecule has 0 fully saturated rings. The predicted octanol–water partition coefficient (Wildman–Crippen LogP) is 3.28. The third-order valence-electron chi connectivity index (χ3n) is 3.09. The Kier molecular flexibility index (Phi) is 4.87. The zero-order chi connectivity index (χ0) is 15.2. The molecule has 0 aliphatic rings. The molecular formula is C16H20N4O. The number of hydrogen-bond donors (Lipinski definition) is 2. The highest BCUT2D eigenvalue weighted by Crippen LogP contribution is 2.23. The summed E-state index contributed by atoms with van der Waals surface area (Å²) in [5, 5.41) is 13.8. The lowest BCUT2D eigenvalue weighted by molar-refractivity contribution is 0.102. The molecule has 0 saturated carbocycles. The van der Waals surface area contributed by atoms with E-state index in [0.29, 0.717) is 17.4 Å². The minimum Gasteiger partial charge on any atom is -0.369 e. The molecule has 110 valence electrons. The van der Waals surface area contributed by atoms with Crippen molar-refractivity contribution in [1.82, 2.24) is 10.2 Å². The smallest absolute Gasteiger partial charge is 0.276 e. The van der Waals surface area contributed by atoms with Crippen molar-refractivity contribution >= 4 is 17.4 Å². The molecule has 2 aromatic rings. The van der Waals surface area contributed by atoms with Crippen LogP contribution < -0.4 is 10.6 Å². The van der Waals surface area contributed by atoms with E-state index in [9.17, 15) is 4.79 Å². The summed E-state index contributed by atoms with van der Waals surface area (Å²) < 4.78 is 0. The highest BCUT2D eigenvalue weighted by molar-refractivity contribution is 6.03. The zero-order valence-corrected chi connectivity index (χ0v) is 12.6. The summed E-state index contributed by atoms with van der Waals surface area (Å²) in [6, 6.07) is 11.2. The maximum Gasteiger partial charge on any atom is 0.276 e. The molecule has 1 aromatic heterocycles. The summed E-state index contributed by atoms with van der Waals surface area (Å²) in [4.78, 5) is 12.2. The van der Waals surface area contributed by atoms with Gasteiger partial charge in [0.15, 0.2) is 5.69 Å². The average molecular weight is 284 g/mol. The molecule has 2 rings (SSSR count). The van der Waals surface area contributed by atoms with Gasteiger partial charge in [-0.15, -0.1) is 10.2 Å². The Balaban J connectivity index is 2.14. The molecule has 5 nitrogen and oxygen atoms in total. The van der Waals surface area contributed by atoms with Crippen LogP contribution in [-0.2, 0) is 0 Å². The number of nitrogens with one attached hydrogen (secondary N) is 2. The van der Waals surface area contributed by atoms with Crippen LogP contribution in [0.2, 0.25) is 0 Å². The Morgan fingerprint density at radius 3 is 2.52 bits per heavy atom. The first kappa shape index (κ1) is 15.0. The SMILES string of the molecule is CCNc1ccc(C(=O)Nc2ccccc2C(C)C)nn1. The molecule has 0 aliphatic heterocycles. The molecule has 0 unspecified atom stereocenters. The van der Waals surface area contributed by atoms with Crippen molar-refractivity contribution in [2.45, 2.75) is 26.7 Å². The Labute approximate surface area is 124 Å². The quantitative estimate of drug-likeness (QED) is 0.884. The Bertz CT molecular complexity index is 608. The van der Waals surface area contributed by atoms with E-state index in [0.717, 1.165) is 17.8 Å². The first-order chi connectivity index (χ1) is 10.1. The van der Waals surface area contributed by atoms with Crippen molar-refractivity contribution in [2.24, 2.45) is 0 Å². The summed E-state index contributed by atoms with van der Waals surface area (Å²) >= 11 is 0. The van der Waals surface area contributed by atoms with Gasteiger partial charge < -0.3 is 10.6 Å². The normalized spacial score (nSPS) is 10.5. The first-order valence-corrected chi connectivity index (χ1v) is 7.09. The predicted molar refractivity (Wildman–Crippen MR) is 84.7 cm³/mol. The van der Waals surface area contributed by atoms with Crippen molar-refractivity contribution in [3.05, 3.63) is 47.7 Å². The molecule has 1 heterocycles. The molecule has 21 heavy (non-hydrogen) atoms. The van der Waals surface area contributed by atoms with E-state index in [1.165, 1.54) is 0 Å². The highest BCUT2D eigenvalue weighted by atomic mass is 16.1. The maximum atomic E-state index is 12.2. The number of carbonyl (C=O) groups is 1. The van der Waals surface area contributed by atoms with Crippen LogP contribution in [0.5, 0.6) is 0 Å². The van der Waals surface area contributed by atoms with Crippen LogP contribution in [0.1, 0.15) is 42.7 Å². The second-order valence-corrected chi connectivity index (χ2v) is 5.03. The molecule has 0 bridgehead atoms. The third kappa shape index (κ3) is 3.78. The van der Waals surface area contributed by atoms with Crippen LogP contribution in [-0.4, -0.2) is 22.6 Å². The van der Waals surface area contributed by atoms with Crippen LogP contribution in [0, 0.1) is 0 Å². The molecule has 0 saturated heterocycles. The molecule has 0 atom stereocenters. The molecule has 2 N–H and O–H groups in total. The van der Waals surface area contributed by atoms with Gasteiger partial charge in [0.1, 0.15) is 5.82 Å². The Hall–Kier alpha value is -2.43. The zero-order valence-electron chi connectivity index (χ0n) is 12.6. The summed E-state index contributed by atoms with van der Waals surface area (Å²) in [5.74, 6) is 0.749. The van der Waals surface area contributed by atoms with Crippen molar-refractivity contribution in [1.29, 1.82) is 0 Å². The van der Waals surface area contributed by atoms with Crippen LogP contribution in [0.15, 0.2) is 36.4 Å². The van der Waals surface area contributed by atoms with Crippen molar-refractivity contribution in [2.75, 3.05) is 17.2 Å². The van der Waals surface area contributed by atoms with Crippen LogP contribution in [0.3, 0.4) is 0 Å². The van der Waals surface area contributed by atoms with E-state index in [-0.39, 0.29) is 5.91 Å². The number of para-hydroxylation sites is 1. The van der Waals surface area contributed by atoms with Gasteiger partial charge in [-0.05, 0) is 36.6 Å². The van der Waals surface area contributed by atoms with Gasteiger partial charge in [-0.25, -0.2) is 0 Å². The number of anilines is 2. The molecule has 0 spiro atoms. The largest absolute Gasteiger partial charge is 0.369 e. The van der Waals surface area contributed by atoms with Gasteiger partial charge in [0.25, 0.3) is 5.91 Å². The van der Waals surface area contributed by atoms with Crippen molar-refractivity contribution < 1.29 is 4.79 Å². The molecule has 5 heteroatoms. The fourth-order valence-electron chi connectivity index (χ4n) is 2.03. The lowest BCUT2D eigenvalue weighted by atomic mass is 10.0. The van der Waals surface area contributed by atoms with Crippen molar-refractivity contribution in [3.63, 3.8) is 0 Å². The Morgan fingerprint density at radius 2 is 1.90 bits per heavy atom. The van der Waals surface area contributed by atoms with Gasteiger partial charge >= 0.3 is 0 Å². The third-order valence-corrected chi connectivity index (χ3v) is 3.09. The summed E-state index contributed by atoms with van der Waals surface area (Å²) in [6.45, 7) is 6.93. The number of amides is 1. The number of benzene rings is 1. The average Bonchev–Trinajstić information content (AvgIpc) is 2.48. The minimum atomic E-state index is -0.251. The van der Waals surface area contributed by atoms with Gasteiger partial charge in [-0.1, -0.05) is 32.0 Å². The van der Waals surface area contributed by atoms with E-state index in [2.05, 4.69) is 34.7 Å². The van der Waals surface area contributed by atoms with Crippen LogP contribution in [0.4, 0.5) is 11.5 Å². The molecular weight excluding hydrogens is 264 g/mol. The molecule has 0 radical (unpaired) electrons. The fourth-order valence-corrected chi connectivity index (χ4v) is 2.03. The standard InChI is InChI=1S/C16H20N4O/c1-4-17-15-10-9-14(19-20-15)16(21)18-13-8-6-5-7-12(13)11(2)3/h5-11H,4H2,1-3H3,(H,17,20)(H,18,21). The van der Waals surface area contributed by atoms with Crippen LogP contribution in [0.25, 0.3) is 0 Å². The minimum absolute atomic E-state index is 0.251. The molecule has 0 aliphatic carbocycles. The number of carbonyl (C=O) groups excluding carboxylic acids is 1. The van der Waals surface area contributed by atoms with Crippen LogP contribution >= 0.6 is 0 Å². The summed E-state index contributed by atoms with van der Waals surface area (Å²) in [6.07, 6.45) is 0. The van der Waals surface area contributed by atoms with E-state index >= 15 is 0 Å². The number of nitrogens with zero attached hydrogens (tertiary/aromatic N) is 2. The van der Waals surface area contributed by atoms with Gasteiger partial charge in [-0.3, -0.25) is 4.79 Å².